The van der Waals surface area contributed by atoms with Crippen LogP contribution >= 0.6 is 11.6 Å². The smallest absolute Gasteiger partial charge is 0.138 e. The Morgan fingerprint density at radius 2 is 2.07 bits per heavy atom. The molecule has 0 aliphatic rings. The highest BCUT2D eigenvalue weighted by molar-refractivity contribution is 6.32. The van der Waals surface area contributed by atoms with Crippen LogP contribution in [0.25, 0.3) is 0 Å². The molecule has 15 heavy (non-hydrogen) atoms. The van der Waals surface area contributed by atoms with Crippen LogP contribution in [0, 0.1) is 12.8 Å². The van der Waals surface area contributed by atoms with E-state index < -0.39 is 0 Å². The first-order valence-electron chi connectivity index (χ1n) is 5.17. The number of rotatable bonds is 4. The zero-order valence-electron chi connectivity index (χ0n) is 9.46. The minimum atomic E-state index is 0.0179. The molecule has 0 amide bonds. The summed E-state index contributed by atoms with van der Waals surface area (Å²) in [7, 11) is 0. The summed E-state index contributed by atoms with van der Waals surface area (Å²) in [6.07, 6.45) is 0.0179. The van der Waals surface area contributed by atoms with Gasteiger partial charge in [0.2, 0.25) is 0 Å². The highest BCUT2D eigenvalue weighted by atomic mass is 35.5. The molecule has 84 valence electrons. The van der Waals surface area contributed by atoms with Crippen molar-refractivity contribution in [3.63, 3.8) is 0 Å². The minimum Gasteiger partial charge on any atom is -0.487 e. The SMILES string of the molecule is Cc1ccc(Cl)c(OC(CN)C(C)C)c1. The molecule has 0 fully saturated rings. The molecule has 0 spiro atoms. The molecular formula is C12H18ClNO. The molecule has 0 aliphatic heterocycles. The van der Waals surface area contributed by atoms with E-state index in [2.05, 4.69) is 13.8 Å². The van der Waals surface area contributed by atoms with Crippen molar-refractivity contribution in [2.24, 2.45) is 11.7 Å². The maximum atomic E-state index is 6.04. The maximum absolute atomic E-state index is 6.04. The van der Waals surface area contributed by atoms with Crippen LogP contribution in [0.3, 0.4) is 0 Å². The van der Waals surface area contributed by atoms with Crippen LogP contribution in [0.2, 0.25) is 5.02 Å². The lowest BCUT2D eigenvalue weighted by atomic mass is 10.1. The molecule has 1 aromatic rings. The van der Waals surface area contributed by atoms with E-state index in [4.69, 9.17) is 22.1 Å². The predicted octanol–water partition coefficient (Wildman–Crippen LogP) is 3.01. The average Bonchev–Trinajstić information content (AvgIpc) is 2.18. The summed E-state index contributed by atoms with van der Waals surface area (Å²) in [6, 6.07) is 5.75. The van der Waals surface area contributed by atoms with Gasteiger partial charge in [0.25, 0.3) is 0 Å². The first-order chi connectivity index (χ1) is 7.04. The fraction of sp³-hybridized carbons (Fsp3) is 0.500. The fourth-order valence-electron chi connectivity index (χ4n) is 1.32. The number of hydrogen-bond donors (Lipinski definition) is 1. The van der Waals surface area contributed by atoms with Crippen LogP contribution < -0.4 is 10.5 Å². The second-order valence-corrected chi connectivity index (χ2v) is 4.48. The second kappa shape index (κ2) is 5.38. The second-order valence-electron chi connectivity index (χ2n) is 4.07. The van der Waals surface area contributed by atoms with Gasteiger partial charge >= 0.3 is 0 Å². The van der Waals surface area contributed by atoms with Gasteiger partial charge in [0.05, 0.1) is 5.02 Å². The third-order valence-corrected chi connectivity index (χ3v) is 2.65. The summed E-state index contributed by atoms with van der Waals surface area (Å²) < 4.78 is 5.78. The predicted molar refractivity (Wildman–Crippen MR) is 64.5 cm³/mol. The molecule has 2 N–H and O–H groups in total. The van der Waals surface area contributed by atoms with Crippen LogP contribution in [0.1, 0.15) is 19.4 Å². The molecule has 0 saturated carbocycles. The molecule has 0 aliphatic carbocycles. The zero-order valence-corrected chi connectivity index (χ0v) is 10.2. The van der Waals surface area contributed by atoms with Crippen molar-refractivity contribution >= 4 is 11.6 Å². The van der Waals surface area contributed by atoms with Crippen LogP contribution in [-0.2, 0) is 0 Å². The summed E-state index contributed by atoms with van der Waals surface area (Å²) in [5, 5.41) is 0.639. The third-order valence-electron chi connectivity index (χ3n) is 2.34. The van der Waals surface area contributed by atoms with E-state index in [9.17, 15) is 0 Å². The minimum absolute atomic E-state index is 0.0179. The van der Waals surface area contributed by atoms with Crippen molar-refractivity contribution < 1.29 is 4.74 Å². The molecule has 0 bridgehead atoms. The van der Waals surface area contributed by atoms with Gasteiger partial charge in [-0.2, -0.15) is 0 Å². The van der Waals surface area contributed by atoms with E-state index in [1.165, 1.54) is 0 Å². The summed E-state index contributed by atoms with van der Waals surface area (Å²) in [6.45, 7) is 6.68. The fourth-order valence-corrected chi connectivity index (χ4v) is 1.48. The van der Waals surface area contributed by atoms with Crippen molar-refractivity contribution in [3.8, 4) is 5.75 Å². The molecule has 1 rings (SSSR count). The number of aryl methyl sites for hydroxylation is 1. The lowest BCUT2D eigenvalue weighted by Gasteiger charge is -2.21. The Morgan fingerprint density at radius 3 is 2.60 bits per heavy atom. The van der Waals surface area contributed by atoms with E-state index in [1.54, 1.807) is 0 Å². The summed E-state index contributed by atoms with van der Waals surface area (Å²) in [5.74, 6) is 1.10. The van der Waals surface area contributed by atoms with Crippen LogP contribution in [0.4, 0.5) is 0 Å². The molecule has 2 nitrogen and oxygen atoms in total. The molecule has 1 aromatic carbocycles. The van der Waals surface area contributed by atoms with Gasteiger partial charge in [-0.1, -0.05) is 31.5 Å². The van der Waals surface area contributed by atoms with Gasteiger partial charge in [0.15, 0.2) is 0 Å². The standard InChI is InChI=1S/C12H18ClNO/c1-8(2)12(7-14)15-11-6-9(3)4-5-10(11)13/h4-6,8,12H,7,14H2,1-3H3. The van der Waals surface area contributed by atoms with Crippen molar-refractivity contribution in [1.29, 1.82) is 0 Å². The van der Waals surface area contributed by atoms with Crippen LogP contribution in [0.5, 0.6) is 5.75 Å². The summed E-state index contributed by atoms with van der Waals surface area (Å²) in [5.41, 5.74) is 6.77. The molecular weight excluding hydrogens is 210 g/mol. The van der Waals surface area contributed by atoms with Gasteiger partial charge < -0.3 is 10.5 Å². The molecule has 0 aromatic heterocycles. The van der Waals surface area contributed by atoms with E-state index in [1.807, 2.05) is 25.1 Å². The van der Waals surface area contributed by atoms with E-state index in [-0.39, 0.29) is 6.10 Å². The van der Waals surface area contributed by atoms with Crippen LogP contribution in [-0.4, -0.2) is 12.6 Å². The molecule has 0 heterocycles. The van der Waals surface area contributed by atoms with Gasteiger partial charge in [-0.3, -0.25) is 0 Å². The maximum Gasteiger partial charge on any atom is 0.138 e. The molecule has 3 heteroatoms. The van der Waals surface area contributed by atoms with Crippen molar-refractivity contribution in [2.45, 2.75) is 26.9 Å². The summed E-state index contributed by atoms with van der Waals surface area (Å²) >= 11 is 6.04. The van der Waals surface area contributed by atoms with Gasteiger partial charge in [-0.05, 0) is 30.5 Å². The van der Waals surface area contributed by atoms with Crippen molar-refractivity contribution in [2.75, 3.05) is 6.54 Å². The summed E-state index contributed by atoms with van der Waals surface area (Å²) in [4.78, 5) is 0. The van der Waals surface area contributed by atoms with Gasteiger partial charge in [0, 0.05) is 6.54 Å². The molecule has 1 atom stereocenters. The number of nitrogens with two attached hydrogens (primary N) is 1. The zero-order chi connectivity index (χ0) is 11.4. The third kappa shape index (κ3) is 3.40. The monoisotopic (exact) mass is 227 g/mol. The first-order valence-corrected chi connectivity index (χ1v) is 5.55. The lowest BCUT2D eigenvalue weighted by molar-refractivity contribution is 0.159. The van der Waals surface area contributed by atoms with Crippen LogP contribution in [0.15, 0.2) is 18.2 Å². The number of benzene rings is 1. The number of hydrogen-bond acceptors (Lipinski definition) is 2. The molecule has 0 saturated heterocycles. The quantitative estimate of drug-likeness (QED) is 0.858. The highest BCUT2D eigenvalue weighted by Crippen LogP contribution is 2.27. The Morgan fingerprint density at radius 1 is 1.40 bits per heavy atom. The normalized spacial score (nSPS) is 12.9. The van der Waals surface area contributed by atoms with Gasteiger partial charge in [-0.15, -0.1) is 0 Å². The van der Waals surface area contributed by atoms with E-state index in [0.29, 0.717) is 17.5 Å². The van der Waals surface area contributed by atoms with E-state index in [0.717, 1.165) is 11.3 Å². The molecule has 0 radical (unpaired) electrons. The Kier molecular flexibility index (Phi) is 4.43. The van der Waals surface area contributed by atoms with E-state index >= 15 is 0 Å². The number of halogens is 1. The Balaban J connectivity index is 2.82. The molecule has 1 unspecified atom stereocenters. The Bertz CT molecular complexity index is 325. The Labute approximate surface area is 96.4 Å². The highest BCUT2D eigenvalue weighted by Gasteiger charge is 2.14. The Hall–Kier alpha value is -0.730. The number of ether oxygens (including phenoxy) is 1. The topological polar surface area (TPSA) is 35.2 Å². The lowest BCUT2D eigenvalue weighted by Crippen LogP contribution is -2.31. The van der Waals surface area contributed by atoms with Crippen molar-refractivity contribution in [3.05, 3.63) is 28.8 Å². The largest absolute Gasteiger partial charge is 0.487 e. The van der Waals surface area contributed by atoms with Gasteiger partial charge in [0.1, 0.15) is 11.9 Å². The first kappa shape index (κ1) is 12.3. The van der Waals surface area contributed by atoms with Gasteiger partial charge in [-0.25, -0.2) is 0 Å². The van der Waals surface area contributed by atoms with Crippen molar-refractivity contribution in [1.82, 2.24) is 0 Å². The average molecular weight is 228 g/mol.